The summed E-state index contributed by atoms with van der Waals surface area (Å²) in [4.78, 5) is 17.1. The van der Waals surface area contributed by atoms with Crippen molar-refractivity contribution in [3.8, 4) is 0 Å². The first-order valence-corrected chi connectivity index (χ1v) is 11.5. The number of amides is 1. The number of hydrogen-bond donors (Lipinski definition) is 1. The molecule has 1 aliphatic heterocycles. The number of carbonyl (C=O) groups is 1. The van der Waals surface area contributed by atoms with E-state index in [9.17, 15) is 17.6 Å². The van der Waals surface area contributed by atoms with Crippen LogP contribution in [-0.2, 0) is 21.2 Å². The summed E-state index contributed by atoms with van der Waals surface area (Å²) in [6.07, 6.45) is 3.86. The van der Waals surface area contributed by atoms with Crippen molar-refractivity contribution in [2.45, 2.75) is 44.9 Å². The van der Waals surface area contributed by atoms with Crippen LogP contribution in [0.4, 0.5) is 4.39 Å². The smallest absolute Gasteiger partial charge is 0.266 e. The second-order valence-electron chi connectivity index (χ2n) is 7.31. The molecule has 7 heteroatoms. The lowest BCUT2D eigenvalue weighted by molar-refractivity contribution is -0.115. The minimum absolute atomic E-state index is 0.0121. The number of rotatable bonds is 7. The van der Waals surface area contributed by atoms with Crippen LogP contribution in [0.3, 0.4) is 0 Å². The fourth-order valence-electron chi connectivity index (χ4n) is 3.51. The predicted octanol–water partition coefficient (Wildman–Crippen LogP) is 4.30. The number of allylic oxidation sites excluding steroid dienone is 1. The molecule has 0 aliphatic carbocycles. The van der Waals surface area contributed by atoms with Crippen LogP contribution in [0.15, 0.2) is 64.1 Å². The van der Waals surface area contributed by atoms with Crippen molar-refractivity contribution in [1.29, 1.82) is 0 Å². The number of nitrogens with zero attached hydrogens (tertiary/aromatic N) is 1. The number of halogens is 1. The number of aliphatic imine (C=N–C) groups is 1. The molecule has 0 saturated heterocycles. The van der Waals surface area contributed by atoms with Gasteiger partial charge >= 0.3 is 0 Å². The molecule has 1 N–H and O–H groups in total. The van der Waals surface area contributed by atoms with E-state index in [2.05, 4.69) is 9.71 Å². The molecule has 2 aromatic rings. The van der Waals surface area contributed by atoms with Gasteiger partial charge in [0, 0.05) is 11.5 Å². The Labute approximate surface area is 176 Å². The van der Waals surface area contributed by atoms with Crippen LogP contribution in [0, 0.1) is 18.7 Å². The molecule has 1 heterocycles. The highest BCUT2D eigenvalue weighted by Crippen LogP contribution is 2.28. The van der Waals surface area contributed by atoms with Gasteiger partial charge in [-0.1, -0.05) is 44.5 Å². The average molecular weight is 429 g/mol. The fraction of sp³-hybridized carbons (Fsp3) is 0.304. The zero-order chi connectivity index (χ0) is 21.9. The van der Waals surface area contributed by atoms with Crippen molar-refractivity contribution >= 4 is 21.6 Å². The largest absolute Gasteiger partial charge is 0.283 e. The first-order valence-electron chi connectivity index (χ1n) is 9.98. The quantitative estimate of drug-likeness (QED) is 0.714. The van der Waals surface area contributed by atoms with E-state index in [4.69, 9.17) is 0 Å². The Balaban J connectivity index is 1.93. The van der Waals surface area contributed by atoms with E-state index in [1.54, 1.807) is 43.3 Å². The molecule has 30 heavy (non-hydrogen) atoms. The predicted molar refractivity (Wildman–Crippen MR) is 115 cm³/mol. The highest BCUT2D eigenvalue weighted by Gasteiger charge is 2.29. The molecule has 1 amide bonds. The van der Waals surface area contributed by atoms with Gasteiger partial charge in [0.15, 0.2) is 0 Å². The minimum Gasteiger partial charge on any atom is -0.266 e. The summed E-state index contributed by atoms with van der Waals surface area (Å²) >= 11 is 0. The van der Waals surface area contributed by atoms with Crippen LogP contribution in [0.25, 0.3) is 0 Å². The third-order valence-corrected chi connectivity index (χ3v) is 6.60. The molecule has 5 nitrogen and oxygen atoms in total. The van der Waals surface area contributed by atoms with Crippen LogP contribution in [0.1, 0.15) is 43.4 Å². The van der Waals surface area contributed by atoms with Crippen molar-refractivity contribution < 1.29 is 17.6 Å². The number of hydrogen-bond acceptors (Lipinski definition) is 4. The van der Waals surface area contributed by atoms with Gasteiger partial charge in [0.1, 0.15) is 11.5 Å². The van der Waals surface area contributed by atoms with Crippen molar-refractivity contribution in [2.75, 3.05) is 0 Å². The van der Waals surface area contributed by atoms with Gasteiger partial charge in [-0.2, -0.15) is 0 Å². The molecule has 0 saturated carbocycles. The molecular weight excluding hydrogens is 403 g/mol. The zero-order valence-electron chi connectivity index (χ0n) is 17.3. The molecule has 2 aromatic carbocycles. The van der Waals surface area contributed by atoms with Crippen molar-refractivity contribution in [3.05, 3.63) is 76.7 Å². The third kappa shape index (κ3) is 4.51. The zero-order valence-corrected chi connectivity index (χ0v) is 18.1. The Morgan fingerprint density at radius 1 is 1.17 bits per heavy atom. The second-order valence-corrected chi connectivity index (χ2v) is 8.96. The molecule has 1 aliphatic rings. The van der Waals surface area contributed by atoms with Gasteiger partial charge in [-0.15, -0.1) is 0 Å². The second kappa shape index (κ2) is 8.92. The topological polar surface area (TPSA) is 75.6 Å². The first kappa shape index (κ1) is 21.9. The highest BCUT2D eigenvalue weighted by molar-refractivity contribution is 7.90. The molecular formula is C23H25FN2O3S. The molecule has 0 bridgehead atoms. The molecule has 0 radical (unpaired) electrons. The first-order chi connectivity index (χ1) is 14.3. The molecule has 0 spiro atoms. The van der Waals surface area contributed by atoms with E-state index in [1.807, 2.05) is 13.8 Å². The fourth-order valence-corrected chi connectivity index (χ4v) is 4.72. The third-order valence-electron chi connectivity index (χ3n) is 5.11. The minimum atomic E-state index is -4.04. The summed E-state index contributed by atoms with van der Waals surface area (Å²) in [7, 11) is -4.04. The standard InChI is InChI=1S/C23H25FN2O3S/c1-4-8-17-14-20(25-22(17)18-13-16(5-2)11-12-19(18)24)23(27)26-30(28,29)21-10-7-6-9-15(21)3/h6-7,9-14,17H,4-5,8H2,1-3H3,(H,26,27). The molecule has 0 fully saturated rings. The summed E-state index contributed by atoms with van der Waals surface area (Å²) in [6, 6.07) is 11.3. The number of carbonyl (C=O) groups excluding carboxylic acids is 1. The van der Waals surface area contributed by atoms with Crippen molar-refractivity contribution in [1.82, 2.24) is 4.72 Å². The van der Waals surface area contributed by atoms with Crippen molar-refractivity contribution in [3.63, 3.8) is 0 Å². The summed E-state index contributed by atoms with van der Waals surface area (Å²) in [5.74, 6) is -1.48. The summed E-state index contributed by atoms with van der Waals surface area (Å²) < 4.78 is 41.9. The normalized spacial score (nSPS) is 16.2. The SMILES string of the molecule is CCCC1C=C(C(=O)NS(=O)(=O)c2ccccc2C)N=C1c1cc(CC)ccc1F. The Morgan fingerprint density at radius 2 is 1.90 bits per heavy atom. The highest BCUT2D eigenvalue weighted by atomic mass is 32.2. The lowest BCUT2D eigenvalue weighted by atomic mass is 9.92. The number of sulfonamides is 1. The lowest BCUT2D eigenvalue weighted by Crippen LogP contribution is -2.31. The Morgan fingerprint density at radius 3 is 2.57 bits per heavy atom. The number of benzene rings is 2. The van der Waals surface area contributed by atoms with Gasteiger partial charge in [-0.25, -0.2) is 22.5 Å². The average Bonchev–Trinajstić information content (AvgIpc) is 3.12. The van der Waals surface area contributed by atoms with Crippen LogP contribution in [0.2, 0.25) is 0 Å². The maximum atomic E-state index is 14.5. The van der Waals surface area contributed by atoms with Gasteiger partial charge in [0.2, 0.25) is 0 Å². The molecule has 158 valence electrons. The lowest BCUT2D eigenvalue weighted by Gasteiger charge is -2.12. The Hall–Kier alpha value is -2.80. The Bertz CT molecular complexity index is 1140. The van der Waals surface area contributed by atoms with E-state index in [0.717, 1.165) is 18.4 Å². The van der Waals surface area contributed by atoms with Gasteiger partial charge in [-0.05, 0) is 55.2 Å². The molecule has 0 aromatic heterocycles. The van der Waals surface area contributed by atoms with Crippen LogP contribution < -0.4 is 4.72 Å². The maximum Gasteiger partial charge on any atom is 0.283 e. The summed E-state index contributed by atoms with van der Waals surface area (Å²) in [6.45, 7) is 5.63. The number of aryl methyl sites for hydroxylation is 2. The van der Waals surface area contributed by atoms with Crippen molar-refractivity contribution in [2.24, 2.45) is 10.9 Å². The van der Waals surface area contributed by atoms with E-state index in [0.29, 0.717) is 23.3 Å². The molecule has 1 unspecified atom stereocenters. The number of nitrogens with one attached hydrogen (secondary N) is 1. The molecule has 3 rings (SSSR count). The van der Waals surface area contributed by atoms with Gasteiger partial charge in [-0.3, -0.25) is 4.79 Å². The van der Waals surface area contributed by atoms with Gasteiger partial charge < -0.3 is 0 Å². The van der Waals surface area contributed by atoms with Crippen LogP contribution in [0.5, 0.6) is 0 Å². The van der Waals surface area contributed by atoms with Crippen LogP contribution >= 0.6 is 0 Å². The van der Waals surface area contributed by atoms with E-state index in [-0.39, 0.29) is 16.5 Å². The summed E-state index contributed by atoms with van der Waals surface area (Å²) in [5, 5.41) is 0. The van der Waals surface area contributed by atoms with E-state index in [1.165, 1.54) is 12.1 Å². The van der Waals surface area contributed by atoms with E-state index >= 15 is 0 Å². The maximum absolute atomic E-state index is 14.5. The monoisotopic (exact) mass is 428 g/mol. The van der Waals surface area contributed by atoms with Gasteiger partial charge in [0.25, 0.3) is 15.9 Å². The summed E-state index contributed by atoms with van der Waals surface area (Å²) in [5.41, 5.74) is 2.30. The van der Waals surface area contributed by atoms with Gasteiger partial charge in [0.05, 0.1) is 10.6 Å². The Kier molecular flexibility index (Phi) is 6.51. The molecule has 1 atom stereocenters. The van der Waals surface area contributed by atoms with Crippen LogP contribution in [-0.4, -0.2) is 20.0 Å². The van der Waals surface area contributed by atoms with E-state index < -0.39 is 21.7 Å².